The molecule has 1 unspecified atom stereocenters. The molecule has 8 heteroatoms. The number of rotatable bonds is 7. The van der Waals surface area contributed by atoms with Gasteiger partial charge < -0.3 is 10.6 Å². The van der Waals surface area contributed by atoms with Crippen molar-refractivity contribution in [2.45, 2.75) is 19.4 Å². The Hall–Kier alpha value is -0.870. The van der Waals surface area contributed by atoms with E-state index in [0.29, 0.717) is 25.5 Å². The molecule has 126 valence electrons. The number of nitrogens with one attached hydrogen (secondary N) is 3. The standard InChI is InChI=1S/C14H24N4O2S.HI/c1-12(13-8-5-4-6-9-13)18-14(15-2)16-10-7-11-17-21(3,19)20;/h4-6,8-9,12,17H,7,10-11H2,1-3H3,(H2,15,16,18);1H. The summed E-state index contributed by atoms with van der Waals surface area (Å²) in [6, 6.07) is 10.2. The quantitative estimate of drug-likeness (QED) is 0.260. The Morgan fingerprint density at radius 3 is 2.41 bits per heavy atom. The predicted molar refractivity (Wildman–Crippen MR) is 102 cm³/mol. The maximum Gasteiger partial charge on any atom is 0.208 e. The van der Waals surface area contributed by atoms with Crippen molar-refractivity contribution in [3.8, 4) is 0 Å². The first-order chi connectivity index (χ1) is 9.92. The highest BCUT2D eigenvalue weighted by Gasteiger charge is 2.06. The molecular formula is C14H25IN4O2S. The second kappa shape index (κ2) is 10.8. The molecule has 1 rings (SSSR count). The van der Waals surface area contributed by atoms with Crippen LogP contribution in [0.3, 0.4) is 0 Å². The van der Waals surface area contributed by atoms with E-state index in [1.54, 1.807) is 7.05 Å². The Morgan fingerprint density at radius 2 is 1.86 bits per heavy atom. The number of aliphatic imine (C=N–C) groups is 1. The predicted octanol–water partition coefficient (Wildman–Crippen LogP) is 1.47. The number of halogens is 1. The van der Waals surface area contributed by atoms with Gasteiger partial charge >= 0.3 is 0 Å². The van der Waals surface area contributed by atoms with Crippen molar-refractivity contribution in [3.05, 3.63) is 35.9 Å². The minimum absolute atomic E-state index is 0. The summed E-state index contributed by atoms with van der Waals surface area (Å²) in [5, 5.41) is 6.45. The second-order valence-electron chi connectivity index (χ2n) is 4.80. The summed E-state index contributed by atoms with van der Waals surface area (Å²) < 4.78 is 24.3. The Morgan fingerprint density at radius 1 is 1.23 bits per heavy atom. The summed E-state index contributed by atoms with van der Waals surface area (Å²) in [4.78, 5) is 4.16. The van der Waals surface area contributed by atoms with Crippen LogP contribution in [0, 0.1) is 0 Å². The summed E-state index contributed by atoms with van der Waals surface area (Å²) in [6.07, 6.45) is 1.84. The highest BCUT2D eigenvalue weighted by Crippen LogP contribution is 2.10. The van der Waals surface area contributed by atoms with E-state index in [-0.39, 0.29) is 30.0 Å². The molecule has 0 aliphatic heterocycles. The SMILES string of the molecule is CN=C(NCCCNS(C)(=O)=O)NC(C)c1ccccc1.I. The lowest BCUT2D eigenvalue weighted by Gasteiger charge is -2.18. The second-order valence-corrected chi connectivity index (χ2v) is 6.63. The summed E-state index contributed by atoms with van der Waals surface area (Å²) in [5.41, 5.74) is 1.18. The highest BCUT2D eigenvalue weighted by atomic mass is 127. The maximum absolute atomic E-state index is 10.9. The van der Waals surface area contributed by atoms with Gasteiger partial charge in [0, 0.05) is 20.1 Å². The monoisotopic (exact) mass is 440 g/mol. The number of hydrogen-bond acceptors (Lipinski definition) is 3. The molecule has 0 aromatic heterocycles. The Kier molecular flexibility index (Phi) is 10.4. The van der Waals surface area contributed by atoms with Crippen LogP contribution in [0.1, 0.15) is 24.9 Å². The van der Waals surface area contributed by atoms with Crippen molar-refractivity contribution < 1.29 is 8.42 Å². The average Bonchev–Trinajstić information content (AvgIpc) is 2.45. The van der Waals surface area contributed by atoms with Gasteiger partial charge in [0.2, 0.25) is 10.0 Å². The van der Waals surface area contributed by atoms with Gasteiger partial charge in [0.15, 0.2) is 5.96 Å². The van der Waals surface area contributed by atoms with Crippen LogP contribution in [0.25, 0.3) is 0 Å². The lowest BCUT2D eigenvalue weighted by Crippen LogP contribution is -2.39. The summed E-state index contributed by atoms with van der Waals surface area (Å²) in [6.45, 7) is 3.12. The van der Waals surface area contributed by atoms with Crippen LogP contribution in [0.5, 0.6) is 0 Å². The fourth-order valence-corrected chi connectivity index (χ4v) is 2.29. The summed E-state index contributed by atoms with van der Waals surface area (Å²) in [7, 11) is -1.40. The van der Waals surface area contributed by atoms with Gasteiger partial charge in [0.1, 0.15) is 0 Å². The Balaban J connectivity index is 0.00000441. The first kappa shape index (κ1) is 21.1. The van der Waals surface area contributed by atoms with Crippen molar-refractivity contribution in [1.82, 2.24) is 15.4 Å². The van der Waals surface area contributed by atoms with Crippen LogP contribution >= 0.6 is 24.0 Å². The van der Waals surface area contributed by atoms with E-state index in [0.717, 1.165) is 6.26 Å². The van der Waals surface area contributed by atoms with E-state index in [9.17, 15) is 8.42 Å². The van der Waals surface area contributed by atoms with Crippen molar-refractivity contribution in [2.24, 2.45) is 4.99 Å². The van der Waals surface area contributed by atoms with E-state index in [2.05, 4.69) is 39.4 Å². The van der Waals surface area contributed by atoms with Crippen molar-refractivity contribution in [2.75, 3.05) is 26.4 Å². The Labute approximate surface area is 150 Å². The maximum atomic E-state index is 10.9. The fraction of sp³-hybridized carbons (Fsp3) is 0.500. The molecule has 0 aliphatic carbocycles. The fourth-order valence-electron chi connectivity index (χ4n) is 1.78. The summed E-state index contributed by atoms with van der Waals surface area (Å²) >= 11 is 0. The molecule has 0 saturated heterocycles. The molecule has 0 radical (unpaired) electrons. The molecule has 0 amide bonds. The zero-order valence-electron chi connectivity index (χ0n) is 13.2. The van der Waals surface area contributed by atoms with E-state index >= 15 is 0 Å². The molecule has 22 heavy (non-hydrogen) atoms. The molecule has 6 nitrogen and oxygen atoms in total. The molecule has 0 saturated carbocycles. The van der Waals surface area contributed by atoms with Crippen molar-refractivity contribution in [3.63, 3.8) is 0 Å². The molecular weight excluding hydrogens is 415 g/mol. The zero-order valence-corrected chi connectivity index (χ0v) is 16.3. The van der Waals surface area contributed by atoms with E-state index in [4.69, 9.17) is 0 Å². The third kappa shape index (κ3) is 9.21. The van der Waals surface area contributed by atoms with Gasteiger partial charge in [-0.3, -0.25) is 4.99 Å². The topological polar surface area (TPSA) is 82.6 Å². The molecule has 0 aliphatic rings. The number of nitrogens with zero attached hydrogens (tertiary/aromatic N) is 1. The molecule has 1 aromatic rings. The van der Waals surface area contributed by atoms with Crippen molar-refractivity contribution >= 4 is 40.0 Å². The van der Waals surface area contributed by atoms with Crippen LogP contribution in [0.4, 0.5) is 0 Å². The molecule has 1 atom stereocenters. The number of benzene rings is 1. The largest absolute Gasteiger partial charge is 0.356 e. The third-order valence-electron chi connectivity index (χ3n) is 2.89. The van der Waals surface area contributed by atoms with Gasteiger partial charge in [-0.25, -0.2) is 13.1 Å². The van der Waals surface area contributed by atoms with Crippen LogP contribution in [-0.4, -0.2) is 40.8 Å². The molecule has 3 N–H and O–H groups in total. The van der Waals surface area contributed by atoms with Crippen molar-refractivity contribution in [1.29, 1.82) is 0 Å². The van der Waals surface area contributed by atoms with Gasteiger partial charge in [-0.1, -0.05) is 30.3 Å². The first-order valence-electron chi connectivity index (χ1n) is 6.89. The van der Waals surface area contributed by atoms with Gasteiger partial charge in [-0.05, 0) is 18.9 Å². The minimum Gasteiger partial charge on any atom is -0.356 e. The number of hydrogen-bond donors (Lipinski definition) is 3. The van der Waals surface area contributed by atoms with Crippen LogP contribution in [-0.2, 0) is 10.0 Å². The average molecular weight is 440 g/mol. The van der Waals surface area contributed by atoms with Crippen LogP contribution in [0.15, 0.2) is 35.3 Å². The smallest absolute Gasteiger partial charge is 0.208 e. The molecule has 0 fully saturated rings. The number of sulfonamides is 1. The van der Waals surface area contributed by atoms with Gasteiger partial charge in [-0.15, -0.1) is 24.0 Å². The zero-order chi connectivity index (χ0) is 15.7. The molecule has 0 spiro atoms. The van der Waals surface area contributed by atoms with E-state index < -0.39 is 10.0 Å². The molecule has 0 heterocycles. The van der Waals surface area contributed by atoms with E-state index in [1.165, 1.54) is 5.56 Å². The lowest BCUT2D eigenvalue weighted by atomic mass is 10.1. The highest BCUT2D eigenvalue weighted by molar-refractivity contribution is 14.0. The van der Waals surface area contributed by atoms with Gasteiger partial charge in [0.05, 0.1) is 12.3 Å². The van der Waals surface area contributed by atoms with Crippen LogP contribution in [0.2, 0.25) is 0 Å². The van der Waals surface area contributed by atoms with Gasteiger partial charge in [-0.2, -0.15) is 0 Å². The van der Waals surface area contributed by atoms with Gasteiger partial charge in [0.25, 0.3) is 0 Å². The minimum atomic E-state index is -3.11. The molecule has 0 bridgehead atoms. The number of guanidine groups is 1. The molecule has 1 aromatic carbocycles. The van der Waals surface area contributed by atoms with E-state index in [1.807, 2.05) is 18.2 Å². The first-order valence-corrected chi connectivity index (χ1v) is 8.78. The Bertz CT molecular complexity index is 549. The lowest BCUT2D eigenvalue weighted by molar-refractivity contribution is 0.584. The third-order valence-corrected chi connectivity index (χ3v) is 3.62. The normalized spacial score (nSPS) is 13.1. The van der Waals surface area contributed by atoms with Crippen LogP contribution < -0.4 is 15.4 Å². The summed E-state index contributed by atoms with van der Waals surface area (Å²) in [5.74, 6) is 0.700.